The molecule has 1 aromatic heterocycles. The van der Waals surface area contributed by atoms with Gasteiger partial charge in [-0.15, -0.1) is 5.10 Å². The molecule has 21 heavy (non-hydrogen) atoms. The molecular formula is C16H21N3O2. The third-order valence-corrected chi connectivity index (χ3v) is 3.87. The number of benzene rings is 1. The van der Waals surface area contributed by atoms with Gasteiger partial charge in [-0.2, -0.15) is 0 Å². The van der Waals surface area contributed by atoms with Crippen molar-refractivity contribution in [2.24, 2.45) is 0 Å². The van der Waals surface area contributed by atoms with Crippen LogP contribution >= 0.6 is 0 Å². The van der Waals surface area contributed by atoms with E-state index < -0.39 is 5.97 Å². The van der Waals surface area contributed by atoms with E-state index in [2.05, 4.69) is 31.1 Å². The summed E-state index contributed by atoms with van der Waals surface area (Å²) in [6.45, 7) is 6.21. The quantitative estimate of drug-likeness (QED) is 0.883. The number of carboxylic acid groups (broad SMARTS) is 1. The first kappa shape index (κ1) is 15.2. The fraction of sp³-hybridized carbons (Fsp3) is 0.438. The van der Waals surface area contributed by atoms with Crippen molar-refractivity contribution < 1.29 is 9.90 Å². The molecule has 0 bridgehead atoms. The molecule has 2 rings (SSSR count). The summed E-state index contributed by atoms with van der Waals surface area (Å²) < 4.78 is 1.67. The zero-order chi connectivity index (χ0) is 15.4. The molecule has 0 unspecified atom stereocenters. The van der Waals surface area contributed by atoms with Crippen LogP contribution in [0, 0.1) is 0 Å². The van der Waals surface area contributed by atoms with Crippen molar-refractivity contribution in [3.63, 3.8) is 0 Å². The third-order valence-electron chi connectivity index (χ3n) is 3.87. The van der Waals surface area contributed by atoms with Gasteiger partial charge in [0, 0.05) is 5.92 Å². The molecule has 0 fully saturated rings. The first-order chi connectivity index (χ1) is 10.1. The number of carboxylic acids is 1. The lowest BCUT2D eigenvalue weighted by atomic mass is 9.97. The van der Waals surface area contributed by atoms with Gasteiger partial charge in [-0.05, 0) is 37.0 Å². The first-order valence-electron chi connectivity index (χ1n) is 7.40. The summed E-state index contributed by atoms with van der Waals surface area (Å²) in [6.07, 6.45) is 2.69. The maximum Gasteiger partial charge on any atom is 0.358 e. The predicted molar refractivity (Wildman–Crippen MR) is 81.0 cm³/mol. The number of carbonyl (C=O) groups is 1. The highest BCUT2D eigenvalue weighted by molar-refractivity contribution is 5.86. The Bertz CT molecular complexity index is 613. The lowest BCUT2D eigenvalue weighted by Crippen LogP contribution is -2.11. The van der Waals surface area contributed by atoms with Crippen LogP contribution in [0.25, 0.3) is 5.69 Å². The maximum atomic E-state index is 11.4. The van der Waals surface area contributed by atoms with Crippen molar-refractivity contribution in [1.29, 1.82) is 0 Å². The molecule has 2 aromatic rings. The molecule has 0 aliphatic rings. The molecule has 0 atom stereocenters. The second-order valence-corrected chi connectivity index (χ2v) is 5.07. The number of hydrogen-bond donors (Lipinski definition) is 1. The zero-order valence-corrected chi connectivity index (χ0v) is 12.7. The van der Waals surface area contributed by atoms with E-state index in [0.29, 0.717) is 5.69 Å². The fourth-order valence-electron chi connectivity index (χ4n) is 2.55. The average molecular weight is 287 g/mol. The minimum atomic E-state index is -1.02. The Hall–Kier alpha value is -2.17. The normalized spacial score (nSPS) is 11.0. The van der Waals surface area contributed by atoms with Gasteiger partial charge in [0.1, 0.15) is 0 Å². The Balaban J connectivity index is 2.54. The lowest BCUT2D eigenvalue weighted by Gasteiger charge is -2.15. The Morgan fingerprint density at radius 3 is 2.29 bits per heavy atom. The number of nitrogens with zero attached hydrogens (tertiary/aromatic N) is 3. The van der Waals surface area contributed by atoms with E-state index in [0.717, 1.165) is 24.9 Å². The average Bonchev–Trinajstić information content (AvgIpc) is 2.94. The molecule has 1 N–H and O–H groups in total. The van der Waals surface area contributed by atoms with E-state index in [-0.39, 0.29) is 11.6 Å². The van der Waals surface area contributed by atoms with Crippen molar-refractivity contribution in [1.82, 2.24) is 15.0 Å². The van der Waals surface area contributed by atoms with Gasteiger partial charge in [0.2, 0.25) is 0 Å². The van der Waals surface area contributed by atoms with Crippen molar-refractivity contribution in [2.45, 2.75) is 46.0 Å². The van der Waals surface area contributed by atoms with Gasteiger partial charge in [0.05, 0.1) is 11.4 Å². The van der Waals surface area contributed by atoms with Gasteiger partial charge in [-0.1, -0.05) is 38.1 Å². The summed E-state index contributed by atoms with van der Waals surface area (Å²) in [5.74, 6) is -0.884. The molecule has 1 heterocycles. The zero-order valence-electron chi connectivity index (χ0n) is 12.7. The van der Waals surface area contributed by atoms with Crippen molar-refractivity contribution in [2.75, 3.05) is 0 Å². The molecular weight excluding hydrogens is 266 g/mol. The predicted octanol–water partition coefficient (Wildman–Crippen LogP) is 3.43. The second-order valence-electron chi connectivity index (χ2n) is 5.07. The minimum absolute atomic E-state index is 0.0586. The van der Waals surface area contributed by atoms with Gasteiger partial charge in [0.25, 0.3) is 0 Å². The standard InChI is InChI=1S/C16H21N3O2/c1-4-11-7-9-13(10-8-11)19-15(12(5-2)6-3)14(16(20)21)17-18-19/h7-10,12H,4-6H2,1-3H3,(H,20,21). The smallest absolute Gasteiger partial charge is 0.358 e. The van der Waals surface area contributed by atoms with Gasteiger partial charge in [-0.3, -0.25) is 0 Å². The molecule has 0 amide bonds. The topological polar surface area (TPSA) is 68.0 Å². The largest absolute Gasteiger partial charge is 0.476 e. The van der Waals surface area contributed by atoms with E-state index in [9.17, 15) is 9.90 Å². The van der Waals surface area contributed by atoms with Crippen LogP contribution in [0.3, 0.4) is 0 Å². The molecule has 0 saturated carbocycles. The summed E-state index contributed by atoms with van der Waals surface area (Å²) in [6, 6.07) is 8.00. The third kappa shape index (κ3) is 2.96. The van der Waals surface area contributed by atoms with Gasteiger partial charge < -0.3 is 5.11 Å². The summed E-state index contributed by atoms with van der Waals surface area (Å²) >= 11 is 0. The van der Waals surface area contributed by atoms with Gasteiger partial charge in [0.15, 0.2) is 5.69 Å². The Morgan fingerprint density at radius 2 is 1.81 bits per heavy atom. The number of rotatable bonds is 6. The van der Waals surface area contributed by atoms with Crippen LogP contribution in [-0.2, 0) is 6.42 Å². The van der Waals surface area contributed by atoms with Gasteiger partial charge in [-0.25, -0.2) is 9.48 Å². The van der Waals surface area contributed by atoms with Crippen LogP contribution in [0.1, 0.15) is 61.3 Å². The number of aromatic carboxylic acids is 1. The van der Waals surface area contributed by atoms with E-state index >= 15 is 0 Å². The SMILES string of the molecule is CCc1ccc(-n2nnc(C(=O)O)c2C(CC)CC)cc1. The van der Waals surface area contributed by atoms with Crippen LogP contribution in [0.5, 0.6) is 0 Å². The van der Waals surface area contributed by atoms with E-state index in [1.807, 2.05) is 24.3 Å². The summed E-state index contributed by atoms with van der Waals surface area (Å²) in [5.41, 5.74) is 2.84. The Labute approximate surface area is 124 Å². The minimum Gasteiger partial charge on any atom is -0.476 e. The molecule has 0 radical (unpaired) electrons. The van der Waals surface area contributed by atoms with Crippen molar-refractivity contribution in [3.05, 3.63) is 41.2 Å². The number of hydrogen-bond acceptors (Lipinski definition) is 3. The molecule has 0 spiro atoms. The highest BCUT2D eigenvalue weighted by Gasteiger charge is 2.25. The van der Waals surface area contributed by atoms with Crippen molar-refractivity contribution in [3.8, 4) is 5.69 Å². The van der Waals surface area contributed by atoms with Crippen LogP contribution in [0.2, 0.25) is 0 Å². The van der Waals surface area contributed by atoms with E-state index in [1.54, 1.807) is 4.68 Å². The number of aromatic nitrogens is 3. The first-order valence-corrected chi connectivity index (χ1v) is 7.40. The van der Waals surface area contributed by atoms with Crippen LogP contribution in [-0.4, -0.2) is 26.1 Å². The Morgan fingerprint density at radius 1 is 1.19 bits per heavy atom. The van der Waals surface area contributed by atoms with E-state index in [1.165, 1.54) is 5.56 Å². The molecule has 0 aliphatic heterocycles. The van der Waals surface area contributed by atoms with Gasteiger partial charge >= 0.3 is 5.97 Å². The second kappa shape index (κ2) is 6.52. The van der Waals surface area contributed by atoms with Crippen LogP contribution in [0.4, 0.5) is 0 Å². The lowest BCUT2D eigenvalue weighted by molar-refractivity contribution is 0.0688. The van der Waals surface area contributed by atoms with Crippen LogP contribution < -0.4 is 0 Å². The fourth-order valence-corrected chi connectivity index (χ4v) is 2.55. The Kier molecular flexibility index (Phi) is 4.73. The molecule has 0 saturated heterocycles. The number of aryl methyl sites for hydroxylation is 1. The van der Waals surface area contributed by atoms with E-state index in [4.69, 9.17) is 0 Å². The summed E-state index contributed by atoms with van der Waals surface area (Å²) in [7, 11) is 0. The summed E-state index contributed by atoms with van der Waals surface area (Å²) in [5, 5.41) is 17.3. The molecule has 0 aliphatic carbocycles. The molecule has 5 heteroatoms. The highest BCUT2D eigenvalue weighted by Crippen LogP contribution is 2.27. The molecule has 1 aromatic carbocycles. The maximum absolute atomic E-state index is 11.4. The van der Waals surface area contributed by atoms with Crippen LogP contribution in [0.15, 0.2) is 24.3 Å². The van der Waals surface area contributed by atoms with Crippen molar-refractivity contribution >= 4 is 5.97 Å². The highest BCUT2D eigenvalue weighted by atomic mass is 16.4. The monoisotopic (exact) mass is 287 g/mol. The summed E-state index contributed by atoms with van der Waals surface area (Å²) in [4.78, 5) is 11.4. The molecule has 5 nitrogen and oxygen atoms in total. The molecule has 112 valence electrons.